The van der Waals surface area contributed by atoms with E-state index in [-0.39, 0.29) is 64.6 Å². The van der Waals surface area contributed by atoms with Gasteiger partial charge in [0.05, 0.1) is 18.3 Å². The van der Waals surface area contributed by atoms with Gasteiger partial charge in [-0.25, -0.2) is 4.57 Å². The molecule has 6 N–H and O–H groups in total. The molecule has 4 fully saturated rings. The van der Waals surface area contributed by atoms with E-state index in [0.29, 0.717) is 24.4 Å². The third-order valence-electron chi connectivity index (χ3n) is 11.7. The zero-order valence-electron chi connectivity index (χ0n) is 23.8. The van der Waals surface area contributed by atoms with E-state index in [4.69, 9.17) is 9.79 Å². The minimum Gasteiger partial charge on any atom is -0.404 e. The van der Waals surface area contributed by atoms with Crippen LogP contribution in [-0.4, -0.2) is 49.3 Å². The van der Waals surface area contributed by atoms with Gasteiger partial charge >= 0.3 is 7.82 Å². The highest BCUT2D eigenvalue weighted by Crippen LogP contribution is 2.68. The summed E-state index contributed by atoms with van der Waals surface area (Å²) in [6, 6.07) is 5.98. The Balaban J connectivity index is 1.24. The highest BCUT2D eigenvalue weighted by Gasteiger charge is 2.65. The van der Waals surface area contributed by atoms with Gasteiger partial charge < -0.3 is 25.2 Å². The molecular formula is C30H46NO8P. The van der Waals surface area contributed by atoms with Gasteiger partial charge in [-0.3, -0.25) is 14.6 Å². The van der Waals surface area contributed by atoms with Crippen LogP contribution in [0.1, 0.15) is 78.6 Å². The average Bonchev–Trinajstić information content (AvgIpc) is 3.22. The molecule has 0 radical (unpaired) electrons. The van der Waals surface area contributed by atoms with Crippen molar-refractivity contribution in [2.75, 3.05) is 5.32 Å². The van der Waals surface area contributed by atoms with Crippen molar-refractivity contribution in [2.24, 2.45) is 46.3 Å². The molecule has 0 bridgehead atoms. The van der Waals surface area contributed by atoms with Gasteiger partial charge in [0, 0.05) is 18.2 Å². The zero-order valence-corrected chi connectivity index (χ0v) is 24.7. The van der Waals surface area contributed by atoms with E-state index in [1.807, 2.05) is 0 Å². The molecule has 1 aromatic carbocycles. The van der Waals surface area contributed by atoms with Gasteiger partial charge in [-0.1, -0.05) is 26.8 Å². The van der Waals surface area contributed by atoms with Crippen LogP contribution in [0.4, 0.5) is 5.69 Å². The minimum atomic E-state index is -4.69. The first kappa shape index (κ1) is 30.0. The molecule has 11 atom stereocenters. The largest absolute Gasteiger partial charge is 0.524 e. The average molecular weight is 580 g/mol. The molecule has 40 heavy (non-hydrogen) atoms. The first-order valence-electron chi connectivity index (χ1n) is 14.9. The SMILES string of the molecule is CC(CCC(=O)Nc1cccc(OP(=O)(O)O)c1)[C@H]1CCC2C3C(C[C@H](O)[C@@]21C)[C@@]1(C)CC[C@@H](O)CC1C[C@H]3O. The quantitative estimate of drug-likeness (QED) is 0.258. The molecule has 0 saturated heterocycles. The van der Waals surface area contributed by atoms with Crippen LogP contribution in [0.25, 0.3) is 0 Å². The van der Waals surface area contributed by atoms with Gasteiger partial charge in [0.2, 0.25) is 5.91 Å². The maximum absolute atomic E-state index is 12.8. The summed E-state index contributed by atoms with van der Waals surface area (Å²) in [6.45, 7) is 6.71. The van der Waals surface area contributed by atoms with Crippen LogP contribution in [0.15, 0.2) is 24.3 Å². The Morgan fingerprint density at radius 3 is 2.58 bits per heavy atom. The number of phosphoric ester groups is 1. The molecule has 9 nitrogen and oxygen atoms in total. The molecular weight excluding hydrogens is 533 g/mol. The summed E-state index contributed by atoms with van der Waals surface area (Å²) in [5.74, 6) is 1.17. The highest BCUT2D eigenvalue weighted by atomic mass is 31.2. The second-order valence-corrected chi connectivity index (χ2v) is 14.9. The fourth-order valence-corrected chi connectivity index (χ4v) is 10.1. The van der Waals surface area contributed by atoms with Crippen molar-refractivity contribution >= 4 is 19.4 Å². The monoisotopic (exact) mass is 579 g/mol. The summed E-state index contributed by atoms with van der Waals surface area (Å²) in [5, 5.41) is 36.3. The van der Waals surface area contributed by atoms with E-state index in [9.17, 15) is 24.7 Å². The van der Waals surface area contributed by atoms with Crippen LogP contribution in [-0.2, 0) is 9.36 Å². The van der Waals surface area contributed by atoms with E-state index in [1.54, 1.807) is 12.1 Å². The number of carbonyl (C=O) groups excluding carboxylic acids is 1. The predicted molar refractivity (Wildman–Crippen MR) is 150 cm³/mol. The van der Waals surface area contributed by atoms with E-state index in [1.165, 1.54) is 12.1 Å². The van der Waals surface area contributed by atoms with Gasteiger partial charge in [0.25, 0.3) is 0 Å². The molecule has 0 aliphatic heterocycles. The van der Waals surface area contributed by atoms with Gasteiger partial charge in [-0.2, -0.15) is 0 Å². The highest BCUT2D eigenvalue weighted by molar-refractivity contribution is 7.46. The van der Waals surface area contributed by atoms with E-state index < -0.39 is 20.0 Å². The van der Waals surface area contributed by atoms with Crippen LogP contribution >= 0.6 is 7.82 Å². The van der Waals surface area contributed by atoms with Crippen LogP contribution in [0, 0.1) is 46.3 Å². The Morgan fingerprint density at radius 2 is 1.85 bits per heavy atom. The molecule has 0 heterocycles. The summed E-state index contributed by atoms with van der Waals surface area (Å²) < 4.78 is 15.7. The second-order valence-electron chi connectivity index (χ2n) is 13.7. The van der Waals surface area contributed by atoms with Gasteiger partial charge in [0.15, 0.2) is 0 Å². The number of nitrogens with one attached hydrogen (secondary N) is 1. The number of benzene rings is 1. The molecule has 4 saturated carbocycles. The summed E-state index contributed by atoms with van der Waals surface area (Å²) >= 11 is 0. The number of hydrogen-bond donors (Lipinski definition) is 6. The van der Waals surface area contributed by atoms with Crippen LogP contribution in [0.3, 0.4) is 0 Å². The van der Waals surface area contributed by atoms with Crippen molar-refractivity contribution in [1.29, 1.82) is 0 Å². The topological polar surface area (TPSA) is 157 Å². The minimum absolute atomic E-state index is 0.0245. The molecule has 0 spiro atoms. The smallest absolute Gasteiger partial charge is 0.404 e. The van der Waals surface area contributed by atoms with Crippen LogP contribution in [0.5, 0.6) is 5.75 Å². The molecule has 5 rings (SSSR count). The van der Waals surface area contributed by atoms with E-state index in [2.05, 4.69) is 30.6 Å². The van der Waals surface area contributed by atoms with Crippen molar-refractivity contribution in [2.45, 2.75) is 96.9 Å². The summed E-state index contributed by atoms with van der Waals surface area (Å²) in [5.41, 5.74) is 0.128. The summed E-state index contributed by atoms with van der Waals surface area (Å²) in [6.07, 6.45) is 5.65. The Kier molecular flexibility index (Phi) is 8.23. The summed E-state index contributed by atoms with van der Waals surface area (Å²) in [4.78, 5) is 30.8. The fraction of sp³-hybridized carbons (Fsp3) is 0.767. The number of fused-ring (bicyclic) bond motifs is 5. The lowest BCUT2D eigenvalue weighted by Gasteiger charge is -2.63. The van der Waals surface area contributed by atoms with Gasteiger partial charge in [-0.05, 0) is 110 Å². The predicted octanol–water partition coefficient (Wildman–Crippen LogP) is 4.47. The number of aliphatic hydroxyl groups is 3. The first-order valence-corrected chi connectivity index (χ1v) is 16.4. The first-order chi connectivity index (χ1) is 18.7. The van der Waals surface area contributed by atoms with Crippen molar-refractivity contribution in [3.63, 3.8) is 0 Å². The number of phosphoric acid groups is 1. The molecule has 4 aliphatic rings. The lowest BCUT2D eigenvalue weighted by atomic mass is 9.43. The van der Waals surface area contributed by atoms with E-state index >= 15 is 0 Å². The molecule has 10 heteroatoms. The molecule has 0 aromatic heterocycles. The van der Waals surface area contributed by atoms with Crippen LogP contribution < -0.4 is 9.84 Å². The Hall–Kier alpha value is -1.48. The normalized spacial score (nSPS) is 41.8. The van der Waals surface area contributed by atoms with Gasteiger partial charge in [-0.15, -0.1) is 0 Å². The molecule has 1 aromatic rings. The van der Waals surface area contributed by atoms with Gasteiger partial charge in [0.1, 0.15) is 5.75 Å². The van der Waals surface area contributed by atoms with Crippen molar-refractivity contribution < 1.29 is 39.0 Å². The molecule has 5 unspecified atom stereocenters. The van der Waals surface area contributed by atoms with E-state index in [0.717, 1.165) is 38.5 Å². The number of aliphatic hydroxyl groups excluding tert-OH is 3. The number of hydrogen-bond acceptors (Lipinski definition) is 6. The molecule has 224 valence electrons. The molecule has 4 aliphatic carbocycles. The maximum atomic E-state index is 12.8. The Morgan fingerprint density at radius 1 is 1.10 bits per heavy atom. The van der Waals surface area contributed by atoms with Crippen molar-refractivity contribution in [3.8, 4) is 5.75 Å². The lowest BCUT2D eigenvalue weighted by molar-refractivity contribution is -0.207. The van der Waals surface area contributed by atoms with Crippen molar-refractivity contribution in [3.05, 3.63) is 24.3 Å². The fourth-order valence-electron chi connectivity index (χ4n) is 9.68. The third kappa shape index (κ3) is 5.50. The Labute approximate surface area is 237 Å². The summed E-state index contributed by atoms with van der Waals surface area (Å²) in [7, 11) is -4.69. The molecule has 1 amide bonds. The number of carbonyl (C=O) groups is 1. The standard InChI is InChI=1S/C30H46NO8P/c1-17(7-10-27(35)31-19-5-4-6-21(15-19)39-40(36,37)38)22-8-9-23-28-24(16-26(34)30(22,23)3)29(2)12-11-20(32)13-18(29)14-25(28)33/h4-6,15,17-18,20,22-26,28,32-34H,7-14,16H2,1-3H3,(H,31,35)(H2,36,37,38)/t17?,18?,20-,22-,23?,24?,25-,26+,28?,29+,30-/m1/s1. The number of anilines is 1. The van der Waals surface area contributed by atoms with Crippen LogP contribution in [0.2, 0.25) is 0 Å². The Bertz CT molecular complexity index is 1140. The number of amides is 1. The second kappa shape index (κ2) is 11.0. The maximum Gasteiger partial charge on any atom is 0.524 e. The number of rotatable bonds is 7. The third-order valence-corrected chi connectivity index (χ3v) is 12.1. The zero-order chi connectivity index (χ0) is 29.0. The van der Waals surface area contributed by atoms with Crippen molar-refractivity contribution in [1.82, 2.24) is 0 Å². The lowest BCUT2D eigenvalue weighted by Crippen LogP contribution is -2.62.